The lowest BCUT2D eigenvalue weighted by molar-refractivity contribution is -0.174. The lowest BCUT2D eigenvalue weighted by Gasteiger charge is -2.51. The number of fused-ring (bicyclic) bond motifs is 2. The van der Waals surface area contributed by atoms with Crippen molar-refractivity contribution < 1.29 is 26.7 Å². The number of piperidine rings is 1. The molecule has 208 valence electrons. The van der Waals surface area contributed by atoms with Crippen LogP contribution in [0, 0.1) is 12.7 Å². The van der Waals surface area contributed by atoms with Crippen LogP contribution in [0.5, 0.6) is 0 Å². The summed E-state index contributed by atoms with van der Waals surface area (Å²) in [5.41, 5.74) is 6.44. The van der Waals surface area contributed by atoms with E-state index in [1.54, 1.807) is 17.9 Å². The molecule has 2 saturated heterocycles. The highest BCUT2D eigenvalue weighted by molar-refractivity contribution is 5.89. The number of rotatable bonds is 6. The van der Waals surface area contributed by atoms with E-state index in [9.17, 15) is 8.78 Å². The number of anilines is 2. The van der Waals surface area contributed by atoms with E-state index in [0.29, 0.717) is 31.1 Å². The highest BCUT2D eigenvalue weighted by Gasteiger charge is 2.51. The van der Waals surface area contributed by atoms with Gasteiger partial charge in [0.15, 0.2) is 17.3 Å². The average Bonchev–Trinajstić information content (AvgIpc) is 3.33. The van der Waals surface area contributed by atoms with Gasteiger partial charge in [0.2, 0.25) is 5.95 Å². The number of pyridine rings is 1. The molecule has 2 aliphatic rings. The first kappa shape index (κ1) is 25.7. The smallest absolute Gasteiger partial charge is 0.280 e. The van der Waals surface area contributed by atoms with Crippen LogP contribution in [0.25, 0.3) is 27.9 Å². The molecule has 2 fully saturated rings. The zero-order valence-electron chi connectivity index (χ0n) is 21.1. The Morgan fingerprint density at radius 3 is 2.64 bits per heavy atom. The van der Waals surface area contributed by atoms with Crippen molar-refractivity contribution in [1.29, 1.82) is 0 Å². The van der Waals surface area contributed by atoms with Crippen molar-refractivity contribution in [3.63, 3.8) is 0 Å². The van der Waals surface area contributed by atoms with Crippen LogP contribution in [-0.2, 0) is 11.3 Å². The van der Waals surface area contributed by atoms with Gasteiger partial charge in [-0.3, -0.25) is 4.90 Å². The molecule has 3 N–H and O–H groups in total. The van der Waals surface area contributed by atoms with Crippen molar-refractivity contribution in [1.82, 2.24) is 34.0 Å². The van der Waals surface area contributed by atoms with E-state index in [1.165, 1.54) is 10.6 Å². The van der Waals surface area contributed by atoms with Crippen molar-refractivity contribution in [3.8, 4) is 11.3 Å². The van der Waals surface area contributed by atoms with Gasteiger partial charge in [-0.15, -0.1) is 5.10 Å². The van der Waals surface area contributed by atoms with E-state index in [0.717, 1.165) is 10.7 Å². The van der Waals surface area contributed by atoms with Gasteiger partial charge in [-0.2, -0.15) is 4.98 Å². The molecule has 4 aromatic heterocycles. The number of hydrogen-bond acceptors (Lipinski definition) is 8. The summed E-state index contributed by atoms with van der Waals surface area (Å²) in [4.78, 5) is 14.5. The number of aryl methyl sites for hydroxylation is 1. The SMILES string of the molecule is Cc1nc2ccc(-c3c(F)cn4nc(N[C@@H]5CCN(C6(C)COC6)CC5(F)F)nc(N)c34)nc2n1CC(F)F. The molecule has 39 heavy (non-hydrogen) atoms. The molecule has 0 unspecified atom stereocenters. The monoisotopic (exact) mass is 551 g/mol. The minimum Gasteiger partial charge on any atom is -0.382 e. The van der Waals surface area contributed by atoms with Gasteiger partial charge in [-0.05, 0) is 32.4 Å². The largest absolute Gasteiger partial charge is 0.382 e. The van der Waals surface area contributed by atoms with Crippen molar-refractivity contribution in [2.24, 2.45) is 0 Å². The van der Waals surface area contributed by atoms with E-state index in [2.05, 4.69) is 25.4 Å². The van der Waals surface area contributed by atoms with Crippen LogP contribution in [0.3, 0.4) is 0 Å². The van der Waals surface area contributed by atoms with E-state index in [1.807, 2.05) is 6.92 Å². The molecular weight excluding hydrogens is 525 g/mol. The first-order chi connectivity index (χ1) is 18.4. The van der Waals surface area contributed by atoms with Gasteiger partial charge in [-0.1, -0.05) is 0 Å². The molecule has 6 heterocycles. The van der Waals surface area contributed by atoms with Gasteiger partial charge >= 0.3 is 0 Å². The Hall–Kier alpha value is -3.59. The van der Waals surface area contributed by atoms with Gasteiger partial charge in [0.1, 0.15) is 16.9 Å². The maximum atomic E-state index is 15.2. The minimum atomic E-state index is -3.09. The van der Waals surface area contributed by atoms with Gasteiger partial charge in [-0.25, -0.2) is 36.4 Å². The van der Waals surface area contributed by atoms with Crippen molar-refractivity contribution in [2.75, 3.05) is 37.4 Å². The topological polar surface area (TPSA) is 111 Å². The Bertz CT molecular complexity index is 1560. The van der Waals surface area contributed by atoms with Crippen LogP contribution in [-0.4, -0.2) is 84.3 Å². The van der Waals surface area contributed by atoms with Gasteiger partial charge in [0.05, 0.1) is 55.3 Å². The first-order valence-corrected chi connectivity index (χ1v) is 12.4. The third-order valence-electron chi connectivity index (χ3n) is 7.46. The van der Waals surface area contributed by atoms with E-state index in [-0.39, 0.29) is 40.6 Å². The number of aromatic nitrogens is 6. The van der Waals surface area contributed by atoms with Crippen LogP contribution >= 0.6 is 0 Å². The van der Waals surface area contributed by atoms with Gasteiger partial charge < -0.3 is 20.4 Å². The molecule has 1 atom stereocenters. The molecule has 15 heteroatoms. The zero-order chi connectivity index (χ0) is 27.7. The molecule has 0 bridgehead atoms. The molecule has 6 rings (SSSR count). The van der Waals surface area contributed by atoms with Gasteiger partial charge in [0, 0.05) is 6.54 Å². The lowest BCUT2D eigenvalue weighted by Crippen LogP contribution is -2.67. The van der Waals surface area contributed by atoms with Crippen LogP contribution in [0.1, 0.15) is 19.2 Å². The second-order valence-electron chi connectivity index (χ2n) is 10.3. The molecule has 0 spiro atoms. The number of hydrogen-bond donors (Lipinski definition) is 2. The molecule has 2 aliphatic heterocycles. The van der Waals surface area contributed by atoms with Crippen LogP contribution in [0.2, 0.25) is 0 Å². The number of alkyl halides is 4. The molecule has 0 amide bonds. The Morgan fingerprint density at radius 2 is 1.97 bits per heavy atom. The summed E-state index contributed by atoms with van der Waals surface area (Å²) >= 11 is 0. The summed E-state index contributed by atoms with van der Waals surface area (Å²) in [5, 5.41) is 6.87. The number of nitrogen functional groups attached to an aromatic ring is 1. The Balaban J connectivity index is 1.31. The maximum absolute atomic E-state index is 15.2. The van der Waals surface area contributed by atoms with Crippen molar-refractivity contribution in [2.45, 2.75) is 50.7 Å². The highest BCUT2D eigenvalue weighted by Crippen LogP contribution is 2.36. The third-order valence-corrected chi connectivity index (χ3v) is 7.46. The van der Waals surface area contributed by atoms with Crippen LogP contribution < -0.4 is 11.1 Å². The predicted octanol–water partition coefficient (Wildman–Crippen LogP) is 3.35. The first-order valence-electron chi connectivity index (χ1n) is 12.4. The summed E-state index contributed by atoms with van der Waals surface area (Å²) in [6.45, 7) is 3.67. The predicted molar refractivity (Wildman–Crippen MR) is 132 cm³/mol. The number of nitrogens with zero attached hydrogens (tertiary/aromatic N) is 7. The maximum Gasteiger partial charge on any atom is 0.280 e. The Kier molecular flexibility index (Phi) is 5.91. The van der Waals surface area contributed by atoms with E-state index >= 15 is 13.2 Å². The number of nitrogens with one attached hydrogen (secondary N) is 1. The standard InChI is InChI=1S/C24H26F5N9O/c1-12-31-15-4-3-14(32-21(15)37(12)8-17(26)27)18-13(25)7-38-19(18)20(30)34-22(35-38)33-16-5-6-36(9-24(16,28)29)23(2)10-39-11-23/h3-4,7,16-17H,5-6,8-11H2,1-2H3,(H3,30,33,34,35)/t16-/m1/s1. The number of halogens is 5. The zero-order valence-corrected chi connectivity index (χ0v) is 21.1. The molecule has 4 aromatic rings. The third kappa shape index (κ3) is 4.33. The number of nitrogens with two attached hydrogens (primary N) is 1. The molecule has 0 aliphatic carbocycles. The summed E-state index contributed by atoms with van der Waals surface area (Å²) in [6, 6.07) is 1.79. The summed E-state index contributed by atoms with van der Waals surface area (Å²) < 4.78 is 79.2. The normalized spacial score (nSPS) is 21.1. The summed E-state index contributed by atoms with van der Waals surface area (Å²) in [7, 11) is 0. The highest BCUT2D eigenvalue weighted by atomic mass is 19.3. The lowest BCUT2D eigenvalue weighted by atomic mass is 9.91. The van der Waals surface area contributed by atoms with E-state index in [4.69, 9.17) is 10.5 Å². The van der Waals surface area contributed by atoms with Gasteiger partial charge in [0.25, 0.3) is 12.3 Å². The summed E-state index contributed by atoms with van der Waals surface area (Å²) in [5.74, 6) is -3.83. The van der Waals surface area contributed by atoms with Crippen molar-refractivity contribution in [3.05, 3.63) is 30.0 Å². The second-order valence-corrected chi connectivity index (χ2v) is 10.3. The van der Waals surface area contributed by atoms with Crippen LogP contribution in [0.15, 0.2) is 18.3 Å². The fraction of sp³-hybridized carbons (Fsp3) is 0.500. The molecule has 10 nitrogen and oxygen atoms in total. The molecule has 0 saturated carbocycles. The quantitative estimate of drug-likeness (QED) is 0.351. The Morgan fingerprint density at radius 1 is 1.21 bits per heavy atom. The fourth-order valence-corrected chi connectivity index (χ4v) is 5.31. The fourth-order valence-electron chi connectivity index (χ4n) is 5.31. The second kappa shape index (κ2) is 8.98. The number of ether oxygens (including phenoxy) is 1. The summed E-state index contributed by atoms with van der Waals surface area (Å²) in [6.07, 6.45) is -1.46. The Labute approximate surface area is 219 Å². The molecule has 0 aromatic carbocycles. The molecule has 0 radical (unpaired) electrons. The average molecular weight is 552 g/mol. The number of likely N-dealkylation sites (tertiary alicyclic amines) is 1. The van der Waals surface area contributed by atoms with Crippen LogP contribution in [0.4, 0.5) is 33.7 Å². The van der Waals surface area contributed by atoms with Crippen molar-refractivity contribution >= 4 is 28.4 Å². The van der Waals surface area contributed by atoms with E-state index < -0.39 is 42.8 Å². The number of imidazole rings is 1. The molecular formula is C24H26F5N9O. The minimum absolute atomic E-state index is 0.0435.